The molecule has 7 heteroatoms. The van der Waals surface area contributed by atoms with Crippen molar-refractivity contribution in [2.24, 2.45) is 0 Å². The Kier molecular flexibility index (Phi) is 6.39. The predicted octanol–water partition coefficient (Wildman–Crippen LogP) is 3.34. The molecule has 1 aromatic carbocycles. The van der Waals surface area contributed by atoms with Crippen molar-refractivity contribution in [3.63, 3.8) is 0 Å². The summed E-state index contributed by atoms with van der Waals surface area (Å²) in [4.78, 5) is 13.1. The van der Waals surface area contributed by atoms with E-state index in [1.54, 1.807) is 10.9 Å². The summed E-state index contributed by atoms with van der Waals surface area (Å²) in [6, 6.07) is 9.58. The maximum Gasteiger partial charge on any atom is 0.252 e. The zero-order valence-electron chi connectivity index (χ0n) is 15.4. The molecule has 0 spiro atoms. The van der Waals surface area contributed by atoms with Crippen LogP contribution in [0.2, 0.25) is 0 Å². The zero-order valence-corrected chi connectivity index (χ0v) is 16.2. The van der Waals surface area contributed by atoms with Crippen molar-refractivity contribution in [3.05, 3.63) is 42.7 Å². The van der Waals surface area contributed by atoms with Crippen LogP contribution in [0.3, 0.4) is 0 Å². The van der Waals surface area contributed by atoms with Crippen molar-refractivity contribution in [1.29, 1.82) is 0 Å². The van der Waals surface area contributed by atoms with Crippen LogP contribution in [-0.2, 0) is 10.3 Å². The number of benzene rings is 1. The second-order valence-electron chi connectivity index (χ2n) is 7.24. The van der Waals surface area contributed by atoms with E-state index in [1.807, 2.05) is 36.5 Å². The molecule has 2 aliphatic rings. The Balaban J connectivity index is 0.00000210. The number of anilines is 1. The van der Waals surface area contributed by atoms with Crippen LogP contribution in [0.1, 0.15) is 38.5 Å². The van der Waals surface area contributed by atoms with Crippen LogP contribution in [0.15, 0.2) is 42.7 Å². The fourth-order valence-electron chi connectivity index (χ4n) is 3.99. The van der Waals surface area contributed by atoms with Gasteiger partial charge in [-0.25, -0.2) is 0 Å². The summed E-state index contributed by atoms with van der Waals surface area (Å²) >= 11 is 0. The van der Waals surface area contributed by atoms with Gasteiger partial charge in [0.05, 0.1) is 6.10 Å². The molecular formula is C20H27ClN4O2. The molecule has 1 saturated carbocycles. The normalized spacial score (nSPS) is 19.3. The molecule has 2 N–H and O–H groups in total. The van der Waals surface area contributed by atoms with Crippen molar-refractivity contribution in [2.45, 2.75) is 50.2 Å². The van der Waals surface area contributed by atoms with Crippen LogP contribution in [0.25, 0.3) is 0 Å². The number of ether oxygens (including phenoxy) is 1. The van der Waals surface area contributed by atoms with Crippen LogP contribution in [-0.4, -0.2) is 34.9 Å². The van der Waals surface area contributed by atoms with Gasteiger partial charge in [-0.3, -0.25) is 9.48 Å². The fourth-order valence-corrected chi connectivity index (χ4v) is 3.99. The molecule has 146 valence electrons. The summed E-state index contributed by atoms with van der Waals surface area (Å²) in [5.41, 5.74) is 0.159. The first-order chi connectivity index (χ1) is 12.8. The van der Waals surface area contributed by atoms with E-state index in [0.29, 0.717) is 6.10 Å². The van der Waals surface area contributed by atoms with Crippen molar-refractivity contribution in [3.8, 4) is 5.75 Å². The molecule has 1 aliphatic heterocycles. The standard InChI is InChI=1S/C20H26N4O2.ClH/c25-19(20(10-13-21-14-11-20)24-15-3-12-22-24)23-16-6-8-18(9-7-16)26-17-4-1-2-5-17;/h3,6-9,12,15,17,21H,1-2,4-5,10-11,13-14H2,(H,23,25);1H. The predicted molar refractivity (Wildman–Crippen MR) is 108 cm³/mol. The van der Waals surface area contributed by atoms with Gasteiger partial charge in [-0.15, -0.1) is 12.4 Å². The Morgan fingerprint density at radius 2 is 1.89 bits per heavy atom. The number of piperidine rings is 1. The lowest BCUT2D eigenvalue weighted by atomic mass is 9.87. The van der Waals surface area contributed by atoms with Crippen molar-refractivity contribution in [1.82, 2.24) is 15.1 Å². The molecular weight excluding hydrogens is 364 g/mol. The molecule has 1 saturated heterocycles. The number of nitrogens with zero attached hydrogens (tertiary/aromatic N) is 2. The van der Waals surface area contributed by atoms with Gasteiger partial charge in [0, 0.05) is 18.1 Å². The van der Waals surface area contributed by atoms with Gasteiger partial charge >= 0.3 is 0 Å². The SMILES string of the molecule is Cl.O=C(Nc1ccc(OC2CCCC2)cc1)C1(n2cccn2)CCNCC1. The molecule has 1 amide bonds. The lowest BCUT2D eigenvalue weighted by molar-refractivity contribution is -0.126. The third-order valence-corrected chi connectivity index (χ3v) is 5.51. The Hall–Kier alpha value is -2.05. The van der Waals surface area contributed by atoms with Crippen molar-refractivity contribution < 1.29 is 9.53 Å². The topological polar surface area (TPSA) is 68.2 Å². The first-order valence-electron chi connectivity index (χ1n) is 9.55. The van der Waals surface area contributed by atoms with Gasteiger partial charge < -0.3 is 15.4 Å². The summed E-state index contributed by atoms with van der Waals surface area (Å²) in [6.45, 7) is 1.61. The van der Waals surface area contributed by atoms with Gasteiger partial charge in [0.15, 0.2) is 0 Å². The highest BCUT2D eigenvalue weighted by Gasteiger charge is 2.42. The van der Waals surface area contributed by atoms with Crippen LogP contribution in [0.4, 0.5) is 5.69 Å². The maximum absolute atomic E-state index is 13.1. The van der Waals surface area contributed by atoms with Crippen LogP contribution in [0.5, 0.6) is 5.75 Å². The number of carbonyl (C=O) groups is 1. The van der Waals surface area contributed by atoms with Gasteiger partial charge in [0.1, 0.15) is 11.3 Å². The van der Waals surface area contributed by atoms with E-state index in [4.69, 9.17) is 4.74 Å². The number of nitrogens with one attached hydrogen (secondary N) is 2. The van der Waals surface area contributed by atoms with E-state index in [0.717, 1.165) is 50.2 Å². The lowest BCUT2D eigenvalue weighted by Crippen LogP contribution is -2.52. The lowest BCUT2D eigenvalue weighted by Gasteiger charge is -2.36. The maximum atomic E-state index is 13.1. The van der Waals surface area contributed by atoms with E-state index in [-0.39, 0.29) is 18.3 Å². The molecule has 27 heavy (non-hydrogen) atoms. The van der Waals surface area contributed by atoms with E-state index in [1.165, 1.54) is 12.8 Å². The highest BCUT2D eigenvalue weighted by atomic mass is 35.5. The molecule has 6 nitrogen and oxygen atoms in total. The smallest absolute Gasteiger partial charge is 0.252 e. The molecule has 0 bridgehead atoms. The quantitative estimate of drug-likeness (QED) is 0.821. The number of hydrogen-bond acceptors (Lipinski definition) is 4. The fraction of sp³-hybridized carbons (Fsp3) is 0.500. The minimum Gasteiger partial charge on any atom is -0.490 e. The highest BCUT2D eigenvalue weighted by Crippen LogP contribution is 2.29. The number of aromatic nitrogens is 2. The number of carbonyl (C=O) groups excluding carboxylic acids is 1. The Labute approximate surface area is 166 Å². The molecule has 1 aliphatic carbocycles. The summed E-state index contributed by atoms with van der Waals surface area (Å²) in [5.74, 6) is 0.866. The largest absolute Gasteiger partial charge is 0.490 e. The molecule has 0 atom stereocenters. The highest BCUT2D eigenvalue weighted by molar-refractivity contribution is 5.96. The Bertz CT molecular complexity index is 721. The zero-order chi connectivity index (χ0) is 17.8. The Morgan fingerprint density at radius 3 is 2.52 bits per heavy atom. The van der Waals surface area contributed by atoms with Gasteiger partial charge in [0.25, 0.3) is 5.91 Å². The van der Waals surface area contributed by atoms with Crippen LogP contribution < -0.4 is 15.4 Å². The number of amides is 1. The second kappa shape index (κ2) is 8.76. The van der Waals surface area contributed by atoms with Gasteiger partial charge in [-0.2, -0.15) is 5.10 Å². The minimum atomic E-state index is -0.631. The minimum absolute atomic E-state index is 0. The summed E-state index contributed by atoms with van der Waals surface area (Å²) in [7, 11) is 0. The molecule has 0 radical (unpaired) electrons. The number of hydrogen-bond donors (Lipinski definition) is 2. The summed E-state index contributed by atoms with van der Waals surface area (Å²) < 4.78 is 7.80. The van der Waals surface area contributed by atoms with Gasteiger partial charge in [-0.05, 0) is 81.9 Å². The Morgan fingerprint density at radius 1 is 1.19 bits per heavy atom. The average molecular weight is 391 g/mol. The molecule has 2 heterocycles. The van der Waals surface area contributed by atoms with Gasteiger partial charge in [0.2, 0.25) is 0 Å². The molecule has 0 unspecified atom stereocenters. The molecule has 4 rings (SSSR count). The third-order valence-electron chi connectivity index (χ3n) is 5.51. The van der Waals surface area contributed by atoms with E-state index >= 15 is 0 Å². The molecule has 1 aromatic heterocycles. The third kappa shape index (κ3) is 4.28. The summed E-state index contributed by atoms with van der Waals surface area (Å²) in [6.07, 6.45) is 10.2. The van der Waals surface area contributed by atoms with Gasteiger partial charge in [-0.1, -0.05) is 0 Å². The summed E-state index contributed by atoms with van der Waals surface area (Å²) in [5, 5.41) is 10.8. The number of rotatable bonds is 5. The van der Waals surface area contributed by atoms with Crippen LogP contribution >= 0.6 is 12.4 Å². The number of halogens is 1. The van der Waals surface area contributed by atoms with Crippen molar-refractivity contribution >= 4 is 24.0 Å². The van der Waals surface area contributed by atoms with E-state index < -0.39 is 5.54 Å². The van der Waals surface area contributed by atoms with Crippen LogP contribution in [0, 0.1) is 0 Å². The van der Waals surface area contributed by atoms with Crippen molar-refractivity contribution in [2.75, 3.05) is 18.4 Å². The molecule has 2 aromatic rings. The average Bonchev–Trinajstić information content (AvgIpc) is 3.38. The first-order valence-corrected chi connectivity index (χ1v) is 9.55. The molecule has 2 fully saturated rings. The monoisotopic (exact) mass is 390 g/mol. The van der Waals surface area contributed by atoms with E-state index in [9.17, 15) is 4.79 Å². The first kappa shape index (κ1) is 19.7. The van der Waals surface area contributed by atoms with E-state index in [2.05, 4.69) is 15.7 Å². The second-order valence-corrected chi connectivity index (χ2v) is 7.24.